The molecule has 3 heterocycles. The van der Waals surface area contributed by atoms with Crippen molar-refractivity contribution in [3.8, 4) is 11.4 Å². The average molecular weight is 497 g/mol. The van der Waals surface area contributed by atoms with Crippen molar-refractivity contribution >= 4 is 19.9 Å². The van der Waals surface area contributed by atoms with Gasteiger partial charge in [0, 0.05) is 24.6 Å². The zero-order chi connectivity index (χ0) is 25.0. The van der Waals surface area contributed by atoms with Gasteiger partial charge >= 0.3 is 0 Å². The molecule has 0 saturated carbocycles. The van der Waals surface area contributed by atoms with E-state index in [1.807, 2.05) is 6.92 Å². The van der Waals surface area contributed by atoms with Crippen molar-refractivity contribution in [2.75, 3.05) is 18.1 Å². The largest absolute Gasteiger partial charge is 0.362 e. The van der Waals surface area contributed by atoms with E-state index in [0.717, 1.165) is 35.6 Å². The highest BCUT2D eigenvalue weighted by Crippen LogP contribution is 2.28. The predicted molar refractivity (Wildman–Crippen MR) is 135 cm³/mol. The van der Waals surface area contributed by atoms with Crippen LogP contribution in [0.1, 0.15) is 24.0 Å². The smallest absolute Gasteiger partial charge is 0.233 e. The standard InChI is InChI=1S/C25H33FN6O2Si/c1-18-15-27-28-16-22(18)23-29-25(32(30-23)17-34-12-13-35(2,3)4)31-11-5-6-20(24(31)33)14-19-7-9-21(26)10-8-19/h7-10,15-16,20H,5-6,11-14,17H2,1-4H3/q-1. The van der Waals surface area contributed by atoms with Gasteiger partial charge < -0.3 is 4.74 Å². The highest BCUT2D eigenvalue weighted by Gasteiger charge is 2.33. The summed E-state index contributed by atoms with van der Waals surface area (Å²) in [6, 6.07) is 7.40. The lowest BCUT2D eigenvalue weighted by atomic mass is 9.90. The second-order valence-electron chi connectivity index (χ2n) is 10.3. The molecule has 1 aromatic carbocycles. The van der Waals surface area contributed by atoms with Crippen molar-refractivity contribution in [1.29, 1.82) is 0 Å². The Morgan fingerprint density at radius 2 is 1.89 bits per heavy atom. The molecule has 0 aliphatic carbocycles. The Labute approximate surface area is 206 Å². The first-order valence-electron chi connectivity index (χ1n) is 12.1. The maximum Gasteiger partial charge on any atom is 0.233 e. The average Bonchev–Trinajstić information content (AvgIpc) is 3.23. The first-order chi connectivity index (χ1) is 16.7. The summed E-state index contributed by atoms with van der Waals surface area (Å²) in [4.78, 5) is 20.0. The van der Waals surface area contributed by atoms with E-state index in [-0.39, 0.29) is 24.4 Å². The number of aromatic nitrogens is 5. The summed E-state index contributed by atoms with van der Waals surface area (Å²) < 4.78 is 21.0. The zero-order valence-electron chi connectivity index (χ0n) is 20.9. The van der Waals surface area contributed by atoms with E-state index in [4.69, 9.17) is 14.8 Å². The fourth-order valence-corrected chi connectivity index (χ4v) is 4.88. The normalized spacial score (nSPS) is 16.7. The fraction of sp³-hybridized carbons (Fsp3) is 0.480. The Kier molecular flexibility index (Phi) is 7.71. The predicted octanol–water partition coefficient (Wildman–Crippen LogP) is 4.48. The highest BCUT2D eigenvalue weighted by molar-refractivity contribution is 6.76. The van der Waals surface area contributed by atoms with Crippen LogP contribution in [0.5, 0.6) is 0 Å². The minimum absolute atomic E-state index is 0.00690. The van der Waals surface area contributed by atoms with Crippen molar-refractivity contribution in [2.45, 2.75) is 58.6 Å². The number of nitrogens with zero attached hydrogens (tertiary/aromatic N) is 6. The molecular formula is C25H33FN6O2Si-. The molecule has 35 heavy (non-hydrogen) atoms. The minimum Gasteiger partial charge on any atom is -0.362 e. The number of piperidine rings is 1. The number of benzene rings is 1. The van der Waals surface area contributed by atoms with Gasteiger partial charge in [0.2, 0.25) is 11.9 Å². The number of carbonyl (C=O) groups is 1. The van der Waals surface area contributed by atoms with E-state index >= 15 is 0 Å². The van der Waals surface area contributed by atoms with Crippen LogP contribution in [-0.4, -0.2) is 52.1 Å². The minimum atomic E-state index is -1.23. The van der Waals surface area contributed by atoms with Gasteiger partial charge in [-0.2, -0.15) is 34.8 Å². The van der Waals surface area contributed by atoms with Gasteiger partial charge in [-0.15, -0.1) is 19.2 Å². The summed E-state index contributed by atoms with van der Waals surface area (Å²) in [6.45, 7) is 10.3. The first-order valence-corrected chi connectivity index (χ1v) is 15.8. The molecule has 1 unspecified atom stereocenters. The molecule has 10 heteroatoms. The van der Waals surface area contributed by atoms with Gasteiger partial charge in [-0.05, 0) is 49.4 Å². The van der Waals surface area contributed by atoms with Crippen LogP contribution in [0.4, 0.5) is 10.3 Å². The molecule has 0 radical (unpaired) electrons. The molecule has 0 spiro atoms. The Morgan fingerprint density at radius 1 is 1.14 bits per heavy atom. The van der Waals surface area contributed by atoms with Crippen LogP contribution in [0.25, 0.3) is 11.4 Å². The number of halogens is 1. The number of amides is 1. The molecule has 0 N–H and O–H groups in total. The molecule has 8 nitrogen and oxygen atoms in total. The second kappa shape index (κ2) is 10.7. The van der Waals surface area contributed by atoms with Gasteiger partial charge in [-0.3, -0.25) is 9.69 Å². The summed E-state index contributed by atoms with van der Waals surface area (Å²) in [7, 11) is -1.23. The number of hydrogen-bond donors (Lipinski definition) is 0. The quantitative estimate of drug-likeness (QED) is 0.321. The van der Waals surface area contributed by atoms with Crippen LogP contribution in [0, 0.1) is 18.7 Å². The number of ether oxygens (including phenoxy) is 1. The molecule has 1 atom stereocenters. The SMILES string of the molecule is Cc1cnncc1-c1nc(N2CCCC(Cc3ccc(F)cc3)C2=O)n(COCC[Si-](C)(C)C)n1. The van der Waals surface area contributed by atoms with Crippen molar-refractivity contribution in [1.82, 2.24) is 25.0 Å². The van der Waals surface area contributed by atoms with Crippen LogP contribution < -0.4 is 4.90 Å². The monoisotopic (exact) mass is 496 g/mol. The van der Waals surface area contributed by atoms with Gasteiger partial charge in [0.05, 0.1) is 12.4 Å². The van der Waals surface area contributed by atoms with Crippen molar-refractivity contribution in [3.05, 3.63) is 53.6 Å². The molecule has 1 aliphatic rings. The van der Waals surface area contributed by atoms with Gasteiger partial charge in [-0.1, -0.05) is 12.1 Å². The summed E-state index contributed by atoms with van der Waals surface area (Å²) in [5.74, 6) is 0.515. The van der Waals surface area contributed by atoms with Crippen LogP contribution in [0.15, 0.2) is 36.7 Å². The van der Waals surface area contributed by atoms with E-state index in [9.17, 15) is 9.18 Å². The molecule has 1 saturated heterocycles. The van der Waals surface area contributed by atoms with E-state index in [2.05, 4.69) is 29.8 Å². The van der Waals surface area contributed by atoms with E-state index in [1.54, 1.807) is 34.1 Å². The van der Waals surface area contributed by atoms with Gasteiger partial charge in [0.15, 0.2) is 5.82 Å². The van der Waals surface area contributed by atoms with Gasteiger partial charge in [0.25, 0.3) is 0 Å². The lowest BCUT2D eigenvalue weighted by Crippen LogP contribution is -2.43. The van der Waals surface area contributed by atoms with Crippen molar-refractivity contribution < 1.29 is 13.9 Å². The Hall–Kier alpha value is -2.98. The number of rotatable bonds is 9. The number of carbonyl (C=O) groups excluding carboxylic acids is 1. The van der Waals surface area contributed by atoms with E-state index in [0.29, 0.717) is 31.3 Å². The molecule has 1 amide bonds. The third-order valence-electron chi connectivity index (χ3n) is 6.22. The molecule has 3 aromatic rings. The molecule has 4 rings (SSSR count). The van der Waals surface area contributed by atoms with Gasteiger partial charge in [0.1, 0.15) is 12.5 Å². The van der Waals surface area contributed by atoms with Crippen LogP contribution in [0.3, 0.4) is 0 Å². The van der Waals surface area contributed by atoms with Crippen molar-refractivity contribution in [2.24, 2.45) is 5.92 Å². The van der Waals surface area contributed by atoms with E-state index in [1.165, 1.54) is 12.1 Å². The lowest BCUT2D eigenvalue weighted by molar-refractivity contribution is -0.123. The summed E-state index contributed by atoms with van der Waals surface area (Å²) in [5, 5.41) is 12.6. The molecular weight excluding hydrogens is 463 g/mol. The number of hydrogen-bond acceptors (Lipinski definition) is 6. The number of anilines is 1. The van der Waals surface area contributed by atoms with E-state index < -0.39 is 8.07 Å². The first kappa shape index (κ1) is 25.1. The lowest BCUT2D eigenvalue weighted by Gasteiger charge is -2.31. The maximum absolute atomic E-state index is 13.5. The summed E-state index contributed by atoms with van der Waals surface area (Å²) >= 11 is 0. The third kappa shape index (κ3) is 6.37. The molecule has 1 fully saturated rings. The van der Waals surface area contributed by atoms with Crippen LogP contribution in [-0.2, 0) is 22.7 Å². The van der Waals surface area contributed by atoms with Gasteiger partial charge in [-0.25, -0.2) is 9.07 Å². The Bertz CT molecular complexity index is 1160. The molecule has 187 valence electrons. The maximum atomic E-state index is 13.5. The van der Waals surface area contributed by atoms with Crippen molar-refractivity contribution in [3.63, 3.8) is 0 Å². The fourth-order valence-electron chi connectivity index (χ4n) is 4.12. The second-order valence-corrected chi connectivity index (χ2v) is 15.9. The van der Waals surface area contributed by atoms with Crippen LogP contribution >= 0.6 is 0 Å². The molecule has 2 aromatic heterocycles. The molecule has 1 aliphatic heterocycles. The Morgan fingerprint density at radius 3 is 2.60 bits per heavy atom. The van der Waals surface area contributed by atoms with Crippen LogP contribution in [0.2, 0.25) is 25.7 Å². The third-order valence-corrected chi connectivity index (χ3v) is 7.92. The topological polar surface area (TPSA) is 86.0 Å². The summed E-state index contributed by atoms with van der Waals surface area (Å²) in [6.07, 6.45) is 5.52. The summed E-state index contributed by atoms with van der Waals surface area (Å²) in [5.41, 5.74) is 2.62. The highest BCUT2D eigenvalue weighted by atomic mass is 28.3. The Balaban J connectivity index is 1.58. The molecule has 0 bridgehead atoms. The zero-order valence-corrected chi connectivity index (χ0v) is 21.9. The number of aryl methyl sites for hydroxylation is 1.